The van der Waals surface area contributed by atoms with Crippen molar-refractivity contribution in [3.63, 3.8) is 0 Å². The summed E-state index contributed by atoms with van der Waals surface area (Å²) in [6.07, 6.45) is 11.7. The first kappa shape index (κ1) is 30.4. The lowest BCUT2D eigenvalue weighted by Crippen LogP contribution is -2.21. The smallest absolute Gasteiger partial charge is 0.220 e. The number of pyridine rings is 1. The number of nitroso groups, excluding NO2 is 1. The summed E-state index contributed by atoms with van der Waals surface area (Å²) in [5, 5.41) is 12.7. The molecular weight excluding hydrogens is 523 g/mol. The first-order valence-corrected chi connectivity index (χ1v) is 13.7. The van der Waals surface area contributed by atoms with Crippen molar-refractivity contribution < 1.29 is 14.3 Å². The highest BCUT2D eigenvalue weighted by molar-refractivity contribution is 6.33. The minimum absolute atomic E-state index is 0.0556. The monoisotopic (exact) mass is 560 g/mol. The number of aliphatic hydroxyl groups is 1. The molecule has 3 N–H and O–H groups in total. The molecule has 0 bridgehead atoms. The van der Waals surface area contributed by atoms with Gasteiger partial charge >= 0.3 is 0 Å². The van der Waals surface area contributed by atoms with Gasteiger partial charge in [0, 0.05) is 30.8 Å². The number of nitrogens with zero attached hydrogens (tertiary/aromatic N) is 5. The molecule has 0 spiro atoms. The number of benzene rings is 1. The van der Waals surface area contributed by atoms with Crippen LogP contribution in [0.15, 0.2) is 29.7 Å². The molecule has 11 heteroatoms. The van der Waals surface area contributed by atoms with Gasteiger partial charge in [-0.05, 0) is 51.0 Å². The fourth-order valence-electron chi connectivity index (χ4n) is 4.93. The molecule has 0 radical (unpaired) electrons. The molecule has 9 nitrogen and oxygen atoms in total. The van der Waals surface area contributed by atoms with Crippen LogP contribution in [0.25, 0.3) is 22.2 Å². The number of anilines is 1. The fraction of sp³-hybridized carbons (Fsp3) is 0.536. The van der Waals surface area contributed by atoms with Crippen LogP contribution in [0.3, 0.4) is 0 Å². The van der Waals surface area contributed by atoms with Gasteiger partial charge in [-0.2, -0.15) is 0 Å². The van der Waals surface area contributed by atoms with Gasteiger partial charge in [-0.25, -0.2) is 19.4 Å². The molecule has 1 amide bonds. The van der Waals surface area contributed by atoms with Crippen LogP contribution in [-0.2, 0) is 16.8 Å². The quantitative estimate of drug-likeness (QED) is 0.279. The predicted octanol–water partition coefficient (Wildman–Crippen LogP) is 6.27. The molecule has 1 atom stereocenters. The van der Waals surface area contributed by atoms with Gasteiger partial charge in [-0.3, -0.25) is 4.79 Å². The van der Waals surface area contributed by atoms with Crippen LogP contribution in [0.2, 0.25) is 5.02 Å². The predicted molar refractivity (Wildman–Crippen MR) is 153 cm³/mol. The number of aryl methyl sites for hydroxylation is 1. The Kier molecular flexibility index (Phi) is 10.4. The van der Waals surface area contributed by atoms with E-state index in [2.05, 4.69) is 33.7 Å². The Balaban J connectivity index is 0.000000267. The first-order chi connectivity index (χ1) is 18.4. The van der Waals surface area contributed by atoms with Gasteiger partial charge in [0.25, 0.3) is 0 Å². The number of fused-ring (bicyclic) bond motifs is 3. The Morgan fingerprint density at radius 1 is 1.23 bits per heavy atom. The fourth-order valence-corrected chi connectivity index (χ4v) is 5.14. The van der Waals surface area contributed by atoms with E-state index in [1.165, 1.54) is 64.8 Å². The van der Waals surface area contributed by atoms with Crippen molar-refractivity contribution in [3.05, 3.63) is 46.0 Å². The van der Waals surface area contributed by atoms with Crippen LogP contribution in [-0.4, -0.2) is 38.7 Å². The van der Waals surface area contributed by atoms with Crippen molar-refractivity contribution in [2.75, 3.05) is 12.1 Å². The summed E-state index contributed by atoms with van der Waals surface area (Å²) < 4.78 is 16.9. The SMILES string of the molecule is C1CCCCC1.CC(O)CC(N)=O.CN(N=O)c1cc(-c2cc(F)c3nc4n(c3c2)C(C)(C)CC4)c(Cl)cn1. The topological polar surface area (TPSA) is 127 Å². The second-order valence-corrected chi connectivity index (χ2v) is 11.2. The molecule has 39 heavy (non-hydrogen) atoms. The first-order valence-electron chi connectivity index (χ1n) is 13.3. The maximum absolute atomic E-state index is 14.8. The molecule has 3 aromatic rings. The average Bonchev–Trinajstić information content (AvgIpc) is 3.42. The molecule has 2 aliphatic rings. The van der Waals surface area contributed by atoms with E-state index in [0.717, 1.165) is 29.2 Å². The maximum atomic E-state index is 14.8. The Morgan fingerprint density at radius 3 is 2.36 bits per heavy atom. The number of rotatable bonds is 5. The van der Waals surface area contributed by atoms with Gasteiger partial charge in [-0.1, -0.05) is 50.1 Å². The summed E-state index contributed by atoms with van der Waals surface area (Å²) in [6, 6.07) is 4.93. The number of primary amides is 1. The van der Waals surface area contributed by atoms with Crippen LogP contribution >= 0.6 is 11.6 Å². The summed E-state index contributed by atoms with van der Waals surface area (Å²) in [7, 11) is 1.49. The molecule has 3 heterocycles. The lowest BCUT2D eigenvalue weighted by Gasteiger charge is -2.22. The van der Waals surface area contributed by atoms with Crippen molar-refractivity contribution in [3.8, 4) is 11.1 Å². The average molecular weight is 561 g/mol. The Bertz CT molecular complexity index is 1290. The second kappa shape index (κ2) is 13.3. The highest BCUT2D eigenvalue weighted by Crippen LogP contribution is 2.39. The van der Waals surface area contributed by atoms with E-state index in [1.54, 1.807) is 6.07 Å². The molecule has 0 saturated heterocycles. The molecule has 2 aromatic heterocycles. The molecule has 1 aliphatic heterocycles. The van der Waals surface area contributed by atoms with E-state index in [-0.39, 0.29) is 12.0 Å². The van der Waals surface area contributed by atoms with Gasteiger partial charge in [0.15, 0.2) is 11.6 Å². The highest BCUT2D eigenvalue weighted by Gasteiger charge is 2.33. The number of hydrogen-bond acceptors (Lipinski definition) is 6. The Labute approximate surface area is 233 Å². The second-order valence-electron chi connectivity index (χ2n) is 10.8. The van der Waals surface area contributed by atoms with Crippen LogP contribution in [0, 0.1) is 10.7 Å². The largest absolute Gasteiger partial charge is 0.393 e. The number of aliphatic hydroxyl groups excluding tert-OH is 1. The molecule has 1 aliphatic carbocycles. The van der Waals surface area contributed by atoms with E-state index in [9.17, 15) is 14.1 Å². The van der Waals surface area contributed by atoms with Crippen LogP contribution in [0.4, 0.5) is 10.2 Å². The van der Waals surface area contributed by atoms with E-state index in [0.29, 0.717) is 27.5 Å². The van der Waals surface area contributed by atoms with Crippen LogP contribution in [0.5, 0.6) is 0 Å². The lowest BCUT2D eigenvalue weighted by molar-refractivity contribution is -0.119. The van der Waals surface area contributed by atoms with E-state index in [1.807, 2.05) is 6.07 Å². The van der Waals surface area contributed by atoms with Crippen molar-refractivity contribution >= 4 is 34.4 Å². The zero-order valence-corrected chi connectivity index (χ0v) is 23.8. The number of halogens is 2. The van der Waals surface area contributed by atoms with Gasteiger partial charge in [0.1, 0.15) is 11.3 Å². The number of carbonyl (C=O) groups excluding carboxylic acids is 1. The molecule has 1 unspecified atom stereocenters. The summed E-state index contributed by atoms with van der Waals surface area (Å²) >= 11 is 6.29. The standard InChI is InChI=1S/C18H17ClFN5O.C6H12.C4H9NO2/c1-18(2)5-4-15-22-17-13(20)6-10(7-14(17)25(15)18)11-8-16(24(3)23-26)21-9-12(11)19;1-2-4-6-5-3-1;1-3(6)2-4(5)7/h6-9H,4-5H2,1-3H3;1-6H2;3,6H,2H2,1H3,(H2,5,7). The number of carbonyl (C=O) groups is 1. The van der Waals surface area contributed by atoms with E-state index < -0.39 is 17.8 Å². The third kappa shape index (κ3) is 7.73. The normalized spacial score (nSPS) is 16.3. The van der Waals surface area contributed by atoms with Crippen molar-refractivity contribution in [2.45, 2.75) is 90.2 Å². The Morgan fingerprint density at radius 2 is 1.85 bits per heavy atom. The summed E-state index contributed by atoms with van der Waals surface area (Å²) in [4.78, 5) is 29.2. The van der Waals surface area contributed by atoms with Crippen LogP contribution in [0.1, 0.15) is 78.0 Å². The molecular formula is C28H38ClFN6O3. The van der Waals surface area contributed by atoms with Gasteiger partial charge in [0.2, 0.25) is 5.91 Å². The lowest BCUT2D eigenvalue weighted by atomic mass is 10.0. The third-order valence-electron chi connectivity index (χ3n) is 6.95. The van der Waals surface area contributed by atoms with E-state index >= 15 is 0 Å². The third-order valence-corrected chi connectivity index (χ3v) is 7.25. The zero-order chi connectivity index (χ0) is 28.7. The minimum Gasteiger partial charge on any atom is -0.393 e. The van der Waals surface area contributed by atoms with Gasteiger partial charge in [-0.15, -0.1) is 4.91 Å². The maximum Gasteiger partial charge on any atom is 0.220 e. The number of aromatic nitrogens is 3. The molecule has 1 aromatic carbocycles. The molecule has 1 fully saturated rings. The number of amides is 1. The highest BCUT2D eigenvalue weighted by atomic mass is 35.5. The van der Waals surface area contributed by atoms with Crippen molar-refractivity contribution in [1.29, 1.82) is 0 Å². The number of imidazole rings is 1. The van der Waals surface area contributed by atoms with Crippen molar-refractivity contribution in [1.82, 2.24) is 14.5 Å². The molecule has 212 valence electrons. The summed E-state index contributed by atoms with van der Waals surface area (Å²) in [5.74, 6) is 0.368. The number of hydrogen-bond donors (Lipinski definition) is 2. The van der Waals surface area contributed by atoms with Gasteiger partial charge in [0.05, 0.1) is 28.4 Å². The van der Waals surface area contributed by atoms with Crippen molar-refractivity contribution in [2.24, 2.45) is 11.0 Å². The van der Waals surface area contributed by atoms with Crippen LogP contribution < -0.4 is 10.7 Å². The summed E-state index contributed by atoms with van der Waals surface area (Å²) in [5.41, 5.74) is 6.87. The summed E-state index contributed by atoms with van der Waals surface area (Å²) in [6.45, 7) is 5.76. The molecule has 5 rings (SSSR count). The number of nitrogens with two attached hydrogens (primary N) is 1. The minimum atomic E-state index is -0.600. The van der Waals surface area contributed by atoms with Gasteiger partial charge < -0.3 is 15.4 Å². The zero-order valence-electron chi connectivity index (χ0n) is 23.1. The van der Waals surface area contributed by atoms with E-state index in [4.69, 9.17) is 22.4 Å². The Hall–Kier alpha value is -3.11. The molecule has 1 saturated carbocycles.